The molecular formula is C12H23NO3. The first kappa shape index (κ1) is 13.5. The molecule has 0 spiro atoms. The van der Waals surface area contributed by atoms with Crippen molar-refractivity contribution in [2.24, 2.45) is 11.3 Å². The number of nitrogens with one attached hydrogen (secondary N) is 1. The van der Waals surface area contributed by atoms with Crippen molar-refractivity contribution in [3.05, 3.63) is 0 Å². The molecule has 2 N–H and O–H groups in total. The fourth-order valence-electron chi connectivity index (χ4n) is 2.81. The predicted molar refractivity (Wildman–Crippen MR) is 62.4 cm³/mol. The van der Waals surface area contributed by atoms with Crippen molar-refractivity contribution in [2.45, 2.75) is 39.2 Å². The van der Waals surface area contributed by atoms with E-state index in [0.29, 0.717) is 5.92 Å². The molecule has 0 bridgehead atoms. The summed E-state index contributed by atoms with van der Waals surface area (Å²) >= 11 is 0. The Morgan fingerprint density at radius 1 is 1.50 bits per heavy atom. The highest BCUT2D eigenvalue weighted by Crippen LogP contribution is 2.34. The van der Waals surface area contributed by atoms with Gasteiger partial charge in [-0.25, -0.2) is 0 Å². The first-order valence-corrected chi connectivity index (χ1v) is 5.94. The fourth-order valence-corrected chi connectivity index (χ4v) is 2.81. The summed E-state index contributed by atoms with van der Waals surface area (Å²) in [6.07, 6.45) is 2.25. The van der Waals surface area contributed by atoms with E-state index in [1.54, 1.807) is 0 Å². The molecule has 4 heteroatoms. The van der Waals surface area contributed by atoms with Crippen molar-refractivity contribution in [3.8, 4) is 0 Å². The molecule has 94 valence electrons. The van der Waals surface area contributed by atoms with E-state index in [-0.39, 0.29) is 17.9 Å². The van der Waals surface area contributed by atoms with Gasteiger partial charge in [0.05, 0.1) is 6.42 Å². The maximum atomic E-state index is 10.9. The third-order valence-corrected chi connectivity index (χ3v) is 3.50. The van der Waals surface area contributed by atoms with Crippen LogP contribution >= 0.6 is 0 Å². The topological polar surface area (TPSA) is 58.6 Å². The van der Waals surface area contributed by atoms with Crippen LogP contribution in [0.1, 0.15) is 33.1 Å². The Labute approximate surface area is 97.4 Å². The van der Waals surface area contributed by atoms with Crippen LogP contribution in [0.2, 0.25) is 0 Å². The molecule has 1 fully saturated rings. The van der Waals surface area contributed by atoms with Gasteiger partial charge in [0.15, 0.2) is 0 Å². The monoisotopic (exact) mass is 229 g/mol. The molecule has 4 nitrogen and oxygen atoms in total. The molecule has 0 radical (unpaired) electrons. The predicted octanol–water partition coefficient (Wildman–Crippen LogP) is 1.50. The third-order valence-electron chi connectivity index (χ3n) is 3.50. The molecule has 1 rings (SSSR count). The van der Waals surface area contributed by atoms with Crippen LogP contribution in [0.5, 0.6) is 0 Å². The lowest BCUT2D eigenvalue weighted by Crippen LogP contribution is -2.48. The summed E-state index contributed by atoms with van der Waals surface area (Å²) in [6, 6.07) is 0.243. The van der Waals surface area contributed by atoms with Crippen LogP contribution in [0, 0.1) is 11.3 Å². The van der Waals surface area contributed by atoms with Crippen LogP contribution in [0.15, 0.2) is 0 Å². The van der Waals surface area contributed by atoms with Crippen LogP contribution in [-0.4, -0.2) is 37.4 Å². The minimum atomic E-state index is -0.725. The number of hydrogen-bond donors (Lipinski definition) is 2. The number of hydrogen-bond acceptors (Lipinski definition) is 3. The number of carbonyl (C=O) groups is 1. The lowest BCUT2D eigenvalue weighted by molar-refractivity contribution is -0.140. The lowest BCUT2D eigenvalue weighted by atomic mass is 9.73. The van der Waals surface area contributed by atoms with Crippen LogP contribution in [0.3, 0.4) is 0 Å². The highest BCUT2D eigenvalue weighted by molar-refractivity contribution is 5.67. The average molecular weight is 229 g/mol. The van der Waals surface area contributed by atoms with Crippen molar-refractivity contribution >= 4 is 5.97 Å². The van der Waals surface area contributed by atoms with Crippen molar-refractivity contribution in [1.29, 1.82) is 0 Å². The zero-order chi connectivity index (χ0) is 12.2. The van der Waals surface area contributed by atoms with Crippen LogP contribution in [0.25, 0.3) is 0 Å². The van der Waals surface area contributed by atoms with Gasteiger partial charge in [0.2, 0.25) is 0 Å². The van der Waals surface area contributed by atoms with Gasteiger partial charge in [-0.05, 0) is 31.2 Å². The molecule has 1 aliphatic rings. The zero-order valence-electron chi connectivity index (χ0n) is 10.5. The van der Waals surface area contributed by atoms with Gasteiger partial charge in [-0.2, -0.15) is 0 Å². The Hall–Kier alpha value is -0.610. The quantitative estimate of drug-likeness (QED) is 0.750. The minimum Gasteiger partial charge on any atom is -0.481 e. The van der Waals surface area contributed by atoms with Crippen molar-refractivity contribution in [1.82, 2.24) is 5.32 Å². The molecule has 0 aromatic carbocycles. The van der Waals surface area contributed by atoms with E-state index in [0.717, 1.165) is 26.1 Å². The summed E-state index contributed by atoms with van der Waals surface area (Å²) in [5, 5.41) is 12.2. The number of carboxylic acids is 1. The Kier molecular flexibility index (Phi) is 4.74. The molecule has 16 heavy (non-hydrogen) atoms. The summed E-state index contributed by atoms with van der Waals surface area (Å²) < 4.78 is 5.34. The largest absolute Gasteiger partial charge is 0.481 e. The molecule has 1 aliphatic heterocycles. The fraction of sp³-hybridized carbons (Fsp3) is 0.917. The number of ether oxygens (including phenoxy) is 1. The van der Waals surface area contributed by atoms with E-state index in [1.165, 1.54) is 0 Å². The smallest absolute Gasteiger partial charge is 0.303 e. The summed E-state index contributed by atoms with van der Waals surface area (Å²) in [5.74, 6) is -0.203. The van der Waals surface area contributed by atoms with Crippen LogP contribution in [0.4, 0.5) is 0 Å². The molecule has 1 unspecified atom stereocenters. The van der Waals surface area contributed by atoms with Crippen LogP contribution in [-0.2, 0) is 9.53 Å². The maximum Gasteiger partial charge on any atom is 0.303 e. The Bertz CT molecular complexity index is 234. The highest BCUT2D eigenvalue weighted by Gasteiger charge is 2.36. The number of carboxylic acid groups (broad SMARTS) is 1. The Morgan fingerprint density at radius 2 is 2.06 bits per heavy atom. The molecule has 1 atom stereocenters. The van der Waals surface area contributed by atoms with Gasteiger partial charge >= 0.3 is 5.97 Å². The van der Waals surface area contributed by atoms with Crippen molar-refractivity contribution < 1.29 is 14.6 Å². The standard InChI is InChI=1S/C12H23NO3/c1-12(2,8-10(14)15)11(13-3)9-4-6-16-7-5-9/h9,11,13H,4-8H2,1-3H3,(H,14,15). The third kappa shape index (κ3) is 3.46. The van der Waals surface area contributed by atoms with Gasteiger partial charge in [0, 0.05) is 19.3 Å². The van der Waals surface area contributed by atoms with E-state index in [1.807, 2.05) is 20.9 Å². The molecule has 0 aliphatic carbocycles. The van der Waals surface area contributed by atoms with E-state index >= 15 is 0 Å². The molecule has 0 aromatic heterocycles. The van der Waals surface area contributed by atoms with Gasteiger partial charge < -0.3 is 15.2 Å². The first-order valence-electron chi connectivity index (χ1n) is 5.94. The molecular weight excluding hydrogens is 206 g/mol. The van der Waals surface area contributed by atoms with E-state index in [4.69, 9.17) is 9.84 Å². The van der Waals surface area contributed by atoms with Crippen molar-refractivity contribution in [3.63, 3.8) is 0 Å². The normalized spacial score (nSPS) is 20.7. The van der Waals surface area contributed by atoms with Crippen molar-refractivity contribution in [2.75, 3.05) is 20.3 Å². The summed E-state index contributed by atoms with van der Waals surface area (Å²) in [7, 11) is 1.92. The van der Waals surface area contributed by atoms with Crippen LogP contribution < -0.4 is 5.32 Å². The second kappa shape index (κ2) is 5.64. The number of rotatable bonds is 5. The molecule has 1 heterocycles. The molecule has 0 aromatic rings. The second-order valence-electron chi connectivity index (χ2n) is 5.28. The van der Waals surface area contributed by atoms with Gasteiger partial charge in [-0.3, -0.25) is 4.79 Å². The molecule has 1 saturated heterocycles. The Balaban J connectivity index is 2.66. The summed E-state index contributed by atoms with van der Waals surface area (Å²) in [4.78, 5) is 10.9. The minimum absolute atomic E-state index is 0.204. The molecule has 0 amide bonds. The van der Waals surface area contributed by atoms with Gasteiger partial charge in [0.25, 0.3) is 0 Å². The summed E-state index contributed by atoms with van der Waals surface area (Å²) in [6.45, 7) is 5.65. The van der Waals surface area contributed by atoms with Gasteiger partial charge in [-0.1, -0.05) is 13.8 Å². The van der Waals surface area contributed by atoms with E-state index < -0.39 is 5.97 Å². The van der Waals surface area contributed by atoms with E-state index in [2.05, 4.69) is 5.32 Å². The first-order chi connectivity index (χ1) is 7.47. The van der Waals surface area contributed by atoms with Gasteiger partial charge in [0.1, 0.15) is 0 Å². The lowest BCUT2D eigenvalue weighted by Gasteiger charge is -2.40. The average Bonchev–Trinajstić information content (AvgIpc) is 2.17. The second-order valence-corrected chi connectivity index (χ2v) is 5.28. The van der Waals surface area contributed by atoms with Gasteiger partial charge in [-0.15, -0.1) is 0 Å². The van der Waals surface area contributed by atoms with E-state index in [9.17, 15) is 4.79 Å². The molecule has 0 saturated carbocycles. The number of aliphatic carboxylic acids is 1. The summed E-state index contributed by atoms with van der Waals surface area (Å²) in [5.41, 5.74) is -0.220. The highest BCUT2D eigenvalue weighted by atomic mass is 16.5. The zero-order valence-corrected chi connectivity index (χ0v) is 10.5. The Morgan fingerprint density at radius 3 is 2.50 bits per heavy atom. The maximum absolute atomic E-state index is 10.9. The SMILES string of the molecule is CNC(C1CCOCC1)C(C)(C)CC(=O)O.